The Balaban J connectivity index is 0.00000245. The molecule has 5 rings (SSSR count). The van der Waals surface area contributed by atoms with Crippen LogP contribution >= 0.6 is 12.4 Å². The molecule has 8 heteroatoms. The fourth-order valence-electron chi connectivity index (χ4n) is 3.68. The lowest BCUT2D eigenvalue weighted by Crippen LogP contribution is -1.88. The second-order valence-corrected chi connectivity index (χ2v) is 7.09. The van der Waals surface area contributed by atoms with Gasteiger partial charge in [-0.3, -0.25) is 10.1 Å². The number of nitro benzene ring substituents is 1. The predicted molar refractivity (Wildman–Crippen MR) is 127 cm³/mol. The largest absolute Gasteiger partial charge is 0.497 e. The Kier molecular flexibility index (Phi) is 5.66. The number of rotatable bonds is 5. The fraction of sp³-hybridized carbons (Fsp3) is 0.0417. The van der Waals surface area contributed by atoms with Crippen molar-refractivity contribution < 1.29 is 9.66 Å². The van der Waals surface area contributed by atoms with Gasteiger partial charge in [0.25, 0.3) is 5.69 Å². The molecule has 32 heavy (non-hydrogen) atoms. The first-order valence-electron chi connectivity index (χ1n) is 9.70. The van der Waals surface area contributed by atoms with E-state index in [0.29, 0.717) is 5.82 Å². The van der Waals surface area contributed by atoms with E-state index < -0.39 is 4.92 Å². The van der Waals surface area contributed by atoms with Crippen LogP contribution in [0.4, 0.5) is 5.69 Å². The number of nitrogens with zero attached hydrogens (tertiary/aromatic N) is 2. The number of methoxy groups -OCH3 is 1. The van der Waals surface area contributed by atoms with E-state index in [9.17, 15) is 10.1 Å². The van der Waals surface area contributed by atoms with Gasteiger partial charge in [0.15, 0.2) is 0 Å². The van der Waals surface area contributed by atoms with Crippen LogP contribution in [0.3, 0.4) is 0 Å². The standard InChI is InChI=1S/C24H18N4O3.ClH/c1-31-18-12-8-15(9-13-18)22-23(20-14-25-21-5-3-2-4-19(20)21)27-24(26-22)16-6-10-17(11-7-16)28(29)30;/h2-14,25H,1H3,(H,26,27);1H. The number of fused-ring (bicyclic) bond motifs is 1. The summed E-state index contributed by atoms with van der Waals surface area (Å²) in [6, 6.07) is 22.2. The van der Waals surface area contributed by atoms with Crippen molar-refractivity contribution in [3.8, 4) is 39.7 Å². The summed E-state index contributed by atoms with van der Waals surface area (Å²) in [5.41, 5.74) is 5.45. The number of aromatic nitrogens is 3. The van der Waals surface area contributed by atoms with Gasteiger partial charge in [0, 0.05) is 45.9 Å². The smallest absolute Gasteiger partial charge is 0.269 e. The molecule has 0 aliphatic rings. The molecule has 0 saturated heterocycles. The zero-order chi connectivity index (χ0) is 21.4. The number of aromatic amines is 2. The summed E-state index contributed by atoms with van der Waals surface area (Å²) in [7, 11) is 1.63. The van der Waals surface area contributed by atoms with Crippen LogP contribution in [0, 0.1) is 10.1 Å². The fourth-order valence-corrected chi connectivity index (χ4v) is 3.68. The highest BCUT2D eigenvalue weighted by molar-refractivity contribution is 5.98. The number of nitrogens with one attached hydrogen (secondary N) is 2. The SMILES string of the molecule is COc1ccc(-c2nc(-c3ccc([N+](=O)[O-])cc3)[nH]c2-c2c[nH]c3ccccc23)cc1.Cl. The molecule has 0 fully saturated rings. The zero-order valence-electron chi connectivity index (χ0n) is 17.0. The van der Waals surface area contributed by atoms with Crippen LogP contribution in [-0.2, 0) is 0 Å². The van der Waals surface area contributed by atoms with Crippen LogP contribution in [0.1, 0.15) is 0 Å². The first-order chi connectivity index (χ1) is 15.1. The molecule has 0 spiro atoms. The lowest BCUT2D eigenvalue weighted by atomic mass is 10.0. The normalized spacial score (nSPS) is 10.7. The summed E-state index contributed by atoms with van der Waals surface area (Å²) in [5, 5.41) is 12.1. The van der Waals surface area contributed by atoms with E-state index in [-0.39, 0.29) is 18.1 Å². The van der Waals surface area contributed by atoms with Gasteiger partial charge in [0.05, 0.1) is 23.4 Å². The molecule has 0 unspecified atom stereocenters. The molecule has 0 saturated carbocycles. The van der Waals surface area contributed by atoms with E-state index in [0.717, 1.165) is 44.7 Å². The third-order valence-electron chi connectivity index (χ3n) is 5.28. The number of benzene rings is 3. The van der Waals surface area contributed by atoms with Crippen LogP contribution < -0.4 is 4.74 Å². The third-order valence-corrected chi connectivity index (χ3v) is 5.28. The van der Waals surface area contributed by atoms with Crippen molar-refractivity contribution in [2.24, 2.45) is 0 Å². The molecule has 2 aromatic heterocycles. The van der Waals surface area contributed by atoms with E-state index in [4.69, 9.17) is 9.72 Å². The molecule has 7 nitrogen and oxygen atoms in total. The average molecular weight is 447 g/mol. The van der Waals surface area contributed by atoms with Crippen LogP contribution in [0.15, 0.2) is 79.0 Å². The van der Waals surface area contributed by atoms with Crippen LogP contribution in [0.5, 0.6) is 5.75 Å². The lowest BCUT2D eigenvalue weighted by Gasteiger charge is -2.04. The number of non-ortho nitro benzene ring substituents is 1. The molecule has 5 aromatic rings. The van der Waals surface area contributed by atoms with Gasteiger partial charge in [0.2, 0.25) is 0 Å². The van der Waals surface area contributed by atoms with Gasteiger partial charge in [-0.25, -0.2) is 4.98 Å². The van der Waals surface area contributed by atoms with Crippen LogP contribution in [0.25, 0.3) is 44.8 Å². The highest BCUT2D eigenvalue weighted by atomic mass is 35.5. The molecule has 0 aliphatic carbocycles. The van der Waals surface area contributed by atoms with E-state index in [1.165, 1.54) is 12.1 Å². The van der Waals surface area contributed by atoms with E-state index in [1.807, 2.05) is 48.7 Å². The number of para-hydroxylation sites is 1. The third kappa shape index (κ3) is 3.70. The Morgan fingerprint density at radius 2 is 1.62 bits per heavy atom. The summed E-state index contributed by atoms with van der Waals surface area (Å²) >= 11 is 0. The monoisotopic (exact) mass is 446 g/mol. The van der Waals surface area contributed by atoms with Crippen molar-refractivity contribution in [2.75, 3.05) is 7.11 Å². The van der Waals surface area contributed by atoms with E-state index in [2.05, 4.69) is 16.0 Å². The molecule has 3 aromatic carbocycles. The second kappa shape index (κ2) is 8.56. The van der Waals surface area contributed by atoms with Gasteiger partial charge in [-0.1, -0.05) is 18.2 Å². The lowest BCUT2D eigenvalue weighted by molar-refractivity contribution is -0.384. The maximum absolute atomic E-state index is 11.0. The predicted octanol–water partition coefficient (Wildman–Crippen LogP) is 6.23. The van der Waals surface area contributed by atoms with Crippen LogP contribution in [-0.4, -0.2) is 27.0 Å². The van der Waals surface area contributed by atoms with Gasteiger partial charge < -0.3 is 14.7 Å². The Hall–Kier alpha value is -4.10. The van der Waals surface area contributed by atoms with E-state index in [1.54, 1.807) is 19.2 Å². The number of nitro groups is 1. The topological polar surface area (TPSA) is 96.8 Å². The molecule has 0 bridgehead atoms. The molecule has 0 aliphatic heterocycles. The first-order valence-corrected chi connectivity index (χ1v) is 9.70. The minimum Gasteiger partial charge on any atom is -0.497 e. The van der Waals surface area contributed by atoms with Crippen molar-refractivity contribution in [3.63, 3.8) is 0 Å². The quantitative estimate of drug-likeness (QED) is 0.247. The van der Waals surface area contributed by atoms with Gasteiger partial charge >= 0.3 is 0 Å². The Labute approximate surface area is 189 Å². The van der Waals surface area contributed by atoms with Crippen molar-refractivity contribution in [3.05, 3.63) is 89.1 Å². The van der Waals surface area contributed by atoms with Gasteiger partial charge in [-0.15, -0.1) is 12.4 Å². The number of imidazole rings is 1. The molecule has 0 radical (unpaired) electrons. The molecular formula is C24H19ClN4O3. The molecule has 2 heterocycles. The average Bonchev–Trinajstić information content (AvgIpc) is 3.43. The van der Waals surface area contributed by atoms with Gasteiger partial charge in [0.1, 0.15) is 11.6 Å². The highest BCUT2D eigenvalue weighted by Gasteiger charge is 2.18. The Morgan fingerprint density at radius 3 is 2.31 bits per heavy atom. The summed E-state index contributed by atoms with van der Waals surface area (Å²) < 4.78 is 5.28. The Bertz CT molecular complexity index is 1390. The van der Waals surface area contributed by atoms with Gasteiger partial charge in [-0.05, 0) is 42.5 Å². The summed E-state index contributed by atoms with van der Waals surface area (Å²) in [4.78, 5) is 22.2. The summed E-state index contributed by atoms with van der Waals surface area (Å²) in [5.74, 6) is 1.41. The maximum Gasteiger partial charge on any atom is 0.269 e. The first kappa shape index (κ1) is 21.1. The highest BCUT2D eigenvalue weighted by Crippen LogP contribution is 2.37. The summed E-state index contributed by atoms with van der Waals surface area (Å²) in [6.45, 7) is 0. The Morgan fingerprint density at radius 1 is 0.938 bits per heavy atom. The minimum atomic E-state index is -0.411. The van der Waals surface area contributed by atoms with Crippen molar-refractivity contribution in [1.82, 2.24) is 15.0 Å². The molecular weight excluding hydrogens is 428 g/mol. The number of H-pyrrole nitrogens is 2. The molecule has 0 atom stereocenters. The number of hydrogen-bond donors (Lipinski definition) is 2. The maximum atomic E-state index is 11.0. The van der Waals surface area contributed by atoms with E-state index >= 15 is 0 Å². The van der Waals surface area contributed by atoms with Crippen molar-refractivity contribution >= 4 is 29.0 Å². The molecule has 2 N–H and O–H groups in total. The second-order valence-electron chi connectivity index (χ2n) is 7.09. The summed E-state index contributed by atoms with van der Waals surface area (Å²) in [6.07, 6.45) is 1.96. The number of halogens is 1. The van der Waals surface area contributed by atoms with Gasteiger partial charge in [-0.2, -0.15) is 0 Å². The molecule has 0 amide bonds. The number of hydrogen-bond acceptors (Lipinski definition) is 4. The van der Waals surface area contributed by atoms with Crippen LogP contribution in [0.2, 0.25) is 0 Å². The zero-order valence-corrected chi connectivity index (χ0v) is 17.8. The van der Waals surface area contributed by atoms with Crippen molar-refractivity contribution in [2.45, 2.75) is 0 Å². The van der Waals surface area contributed by atoms with Crippen molar-refractivity contribution in [1.29, 1.82) is 0 Å². The minimum absolute atomic E-state index is 0. The number of ether oxygens (including phenoxy) is 1. The molecule has 160 valence electrons.